The van der Waals surface area contributed by atoms with Crippen molar-refractivity contribution in [3.8, 4) is 22.3 Å². The highest BCUT2D eigenvalue weighted by atomic mass is 79.9. The van der Waals surface area contributed by atoms with Gasteiger partial charge in [-0.3, -0.25) is 19.2 Å². The Morgan fingerprint density at radius 1 is 0.544 bits per heavy atom. The van der Waals surface area contributed by atoms with E-state index in [2.05, 4.69) is 49.3 Å². The minimum absolute atomic E-state index is 0.0121. The number of halogens is 2. The molecule has 6 aromatic carbocycles. The van der Waals surface area contributed by atoms with Crippen molar-refractivity contribution in [3.63, 3.8) is 0 Å². The number of nitrogens with one attached hydrogen (secondary N) is 1. The second kappa shape index (κ2) is 14.6. The summed E-state index contributed by atoms with van der Waals surface area (Å²) in [6.07, 6.45) is 0. The van der Waals surface area contributed by atoms with Crippen molar-refractivity contribution in [2.24, 2.45) is 14.1 Å². The van der Waals surface area contributed by atoms with E-state index in [1.54, 1.807) is 41.1 Å². The van der Waals surface area contributed by atoms with Crippen molar-refractivity contribution in [2.75, 3.05) is 5.32 Å². The van der Waals surface area contributed by atoms with Crippen LogP contribution in [0.15, 0.2) is 157 Å². The molecule has 0 fully saturated rings. The van der Waals surface area contributed by atoms with Crippen LogP contribution in [0.25, 0.3) is 44.1 Å². The second-order valence-electron chi connectivity index (χ2n) is 13.9. The van der Waals surface area contributed by atoms with Gasteiger partial charge in [0, 0.05) is 84.0 Å². The zero-order chi connectivity index (χ0) is 39.5. The Morgan fingerprint density at radius 3 is 1.82 bits per heavy atom. The summed E-state index contributed by atoms with van der Waals surface area (Å²) < 4.78 is 5.23. The lowest BCUT2D eigenvalue weighted by Crippen LogP contribution is -2.24. The first-order valence-electron chi connectivity index (χ1n) is 18.1. The van der Waals surface area contributed by atoms with Gasteiger partial charge >= 0.3 is 0 Å². The van der Waals surface area contributed by atoms with Gasteiger partial charge in [0.25, 0.3) is 11.1 Å². The molecule has 57 heavy (non-hydrogen) atoms. The van der Waals surface area contributed by atoms with E-state index in [9.17, 15) is 19.2 Å². The maximum atomic E-state index is 13.5. The van der Waals surface area contributed by atoms with Gasteiger partial charge in [-0.1, -0.05) is 98.6 Å². The highest BCUT2D eigenvalue weighted by Gasteiger charge is 2.30. The van der Waals surface area contributed by atoms with Gasteiger partial charge in [-0.25, -0.2) is 0 Å². The summed E-state index contributed by atoms with van der Waals surface area (Å²) in [5.74, 6) is 0.703. The number of thioether (sulfide) groups is 1. The molecular formula is C47H31Br2N3O4S. The summed E-state index contributed by atoms with van der Waals surface area (Å²) in [4.78, 5) is 53.5. The second-order valence-corrected chi connectivity index (χ2v) is 16.8. The third-order valence-electron chi connectivity index (χ3n) is 10.6. The van der Waals surface area contributed by atoms with E-state index >= 15 is 0 Å². The number of hydrogen-bond donors (Lipinski definition) is 1. The molecule has 2 aromatic heterocycles. The maximum absolute atomic E-state index is 13.5. The standard InChI is InChI=1S/C24H16BrNO2S.C23H15BrN2O2/c1-26-20-11-6-14(13-29-16-9-7-15(25)8-10-16)22-23(20)19(12-21(26)27)17-4-2-3-5-18(17)24(22)28;1-26-18-8-4-7-17-19(18)20(15-5-2-3-6-16(15)22(17)27)21(23(26)28)25-14-11-9-13(24)10-12-14/h2-12H,13H2,1H3;2-12,25H,1H3. The molecule has 2 aliphatic rings. The van der Waals surface area contributed by atoms with Crippen LogP contribution in [0.4, 0.5) is 11.4 Å². The first-order valence-corrected chi connectivity index (χ1v) is 20.7. The molecule has 10 heteroatoms. The molecule has 8 aromatic rings. The molecular weight excluding hydrogens is 862 g/mol. The maximum Gasteiger partial charge on any atom is 0.275 e. The van der Waals surface area contributed by atoms with Crippen LogP contribution in [-0.4, -0.2) is 20.7 Å². The van der Waals surface area contributed by atoms with Gasteiger partial charge in [-0.05, 0) is 82.9 Å². The van der Waals surface area contributed by atoms with Crippen LogP contribution >= 0.6 is 43.6 Å². The number of nitrogens with zero attached hydrogens (tertiary/aromatic N) is 2. The molecule has 0 aliphatic heterocycles. The van der Waals surface area contributed by atoms with E-state index in [1.807, 2.05) is 115 Å². The quantitative estimate of drug-likeness (QED) is 0.173. The molecule has 278 valence electrons. The smallest absolute Gasteiger partial charge is 0.275 e. The number of benzene rings is 6. The molecule has 0 saturated carbocycles. The average molecular weight is 894 g/mol. The van der Waals surface area contributed by atoms with Crippen LogP contribution < -0.4 is 16.4 Å². The summed E-state index contributed by atoms with van der Waals surface area (Å²) in [5, 5.41) is 5.00. The molecule has 2 heterocycles. The molecule has 0 amide bonds. The van der Waals surface area contributed by atoms with Gasteiger partial charge in [0.2, 0.25) is 0 Å². The molecule has 10 rings (SSSR count). The summed E-state index contributed by atoms with van der Waals surface area (Å²) in [7, 11) is 3.50. The monoisotopic (exact) mass is 891 g/mol. The predicted molar refractivity (Wildman–Crippen MR) is 237 cm³/mol. The van der Waals surface area contributed by atoms with Crippen molar-refractivity contribution >= 4 is 88.4 Å². The van der Waals surface area contributed by atoms with Crippen molar-refractivity contribution < 1.29 is 9.59 Å². The van der Waals surface area contributed by atoms with Gasteiger partial charge < -0.3 is 14.5 Å². The van der Waals surface area contributed by atoms with Crippen molar-refractivity contribution in [1.82, 2.24) is 9.13 Å². The van der Waals surface area contributed by atoms with Crippen LogP contribution in [0.5, 0.6) is 0 Å². The minimum atomic E-state index is -0.133. The van der Waals surface area contributed by atoms with E-state index in [0.717, 1.165) is 74.7 Å². The molecule has 0 bridgehead atoms. The number of pyridine rings is 2. The number of carbonyl (C=O) groups excluding carboxylic acids is 2. The summed E-state index contributed by atoms with van der Waals surface area (Å²) >= 11 is 8.59. The Bertz CT molecular complexity index is 3120. The summed E-state index contributed by atoms with van der Waals surface area (Å²) in [6.45, 7) is 0. The SMILES string of the molecule is Cn1c(=O)c(Nc2ccc(Br)cc2)c2c3c(cccc31)C(=O)c1ccccc1-2.Cn1c(=O)cc2c3c(c(CSc4ccc(Br)cc4)ccc31)C(=O)c1ccccc1-2. The van der Waals surface area contributed by atoms with Crippen molar-refractivity contribution in [2.45, 2.75) is 10.6 Å². The van der Waals surface area contributed by atoms with Gasteiger partial charge in [0.05, 0.1) is 11.0 Å². The Balaban J connectivity index is 0.000000148. The average Bonchev–Trinajstić information content (AvgIpc) is 3.23. The molecule has 1 N–H and O–H groups in total. The molecule has 2 aliphatic carbocycles. The number of rotatable bonds is 5. The fourth-order valence-electron chi connectivity index (χ4n) is 7.82. The normalized spacial score (nSPS) is 12.2. The highest BCUT2D eigenvalue weighted by Crippen LogP contribution is 2.43. The lowest BCUT2D eigenvalue weighted by Gasteiger charge is -2.24. The van der Waals surface area contributed by atoms with E-state index < -0.39 is 0 Å². The fraction of sp³-hybridized carbons (Fsp3) is 0.0638. The van der Waals surface area contributed by atoms with E-state index in [0.29, 0.717) is 28.1 Å². The lowest BCUT2D eigenvalue weighted by atomic mass is 9.82. The highest BCUT2D eigenvalue weighted by molar-refractivity contribution is 9.10. The molecule has 0 radical (unpaired) electrons. The van der Waals surface area contributed by atoms with Gasteiger partial charge in [-0.2, -0.15) is 0 Å². The van der Waals surface area contributed by atoms with Gasteiger partial charge in [0.15, 0.2) is 11.6 Å². The van der Waals surface area contributed by atoms with Crippen molar-refractivity contribution in [3.05, 3.63) is 191 Å². The van der Waals surface area contributed by atoms with Gasteiger partial charge in [0.1, 0.15) is 5.69 Å². The molecule has 0 unspecified atom stereocenters. The fourth-order valence-corrected chi connectivity index (χ4v) is 9.24. The number of ketones is 2. The zero-order valence-corrected chi connectivity index (χ0v) is 34.6. The molecule has 0 atom stereocenters. The number of aryl methyl sites for hydroxylation is 2. The van der Waals surface area contributed by atoms with E-state index in [-0.39, 0.29) is 22.7 Å². The number of anilines is 2. The third-order valence-corrected chi connectivity index (χ3v) is 12.7. The first kappa shape index (κ1) is 36.8. The van der Waals surface area contributed by atoms with E-state index in [1.165, 1.54) is 0 Å². The Hall–Kier alpha value is -5.81. The van der Waals surface area contributed by atoms with Crippen LogP contribution in [0.3, 0.4) is 0 Å². The topological polar surface area (TPSA) is 90.2 Å². The molecule has 0 saturated heterocycles. The number of fused-ring (bicyclic) bond motifs is 4. The Morgan fingerprint density at radius 2 is 1.12 bits per heavy atom. The lowest BCUT2D eigenvalue weighted by molar-refractivity contribution is 0.103. The third kappa shape index (κ3) is 6.28. The summed E-state index contributed by atoms with van der Waals surface area (Å²) in [6, 6.07) is 42.0. The molecule has 7 nitrogen and oxygen atoms in total. The summed E-state index contributed by atoms with van der Waals surface area (Å²) in [5.41, 5.74) is 9.50. The van der Waals surface area contributed by atoms with Crippen LogP contribution in [0, 0.1) is 0 Å². The van der Waals surface area contributed by atoms with Crippen molar-refractivity contribution in [1.29, 1.82) is 0 Å². The predicted octanol–water partition coefficient (Wildman–Crippen LogP) is 11.1. The largest absolute Gasteiger partial charge is 0.350 e. The zero-order valence-electron chi connectivity index (χ0n) is 30.6. The Kier molecular flexibility index (Phi) is 9.43. The number of hydrogen-bond acceptors (Lipinski definition) is 6. The van der Waals surface area contributed by atoms with Crippen LogP contribution in [-0.2, 0) is 19.8 Å². The van der Waals surface area contributed by atoms with E-state index in [4.69, 9.17) is 0 Å². The van der Waals surface area contributed by atoms with Crippen LogP contribution in [0.1, 0.15) is 37.4 Å². The molecule has 0 spiro atoms. The van der Waals surface area contributed by atoms with Gasteiger partial charge in [-0.15, -0.1) is 11.8 Å². The first-order chi connectivity index (χ1) is 27.6. The number of carbonyl (C=O) groups is 2. The Labute approximate surface area is 348 Å². The van der Waals surface area contributed by atoms with Crippen LogP contribution in [0.2, 0.25) is 0 Å². The number of aromatic nitrogens is 2. The minimum Gasteiger partial charge on any atom is -0.350 e.